The van der Waals surface area contributed by atoms with E-state index in [1.807, 2.05) is 32.0 Å². The molecule has 0 radical (unpaired) electrons. The van der Waals surface area contributed by atoms with Crippen LogP contribution in [0.25, 0.3) is 0 Å². The molecule has 2 amide bonds. The van der Waals surface area contributed by atoms with Crippen LogP contribution in [0.15, 0.2) is 18.2 Å². The summed E-state index contributed by atoms with van der Waals surface area (Å²) in [5.74, 6) is -2.14. The van der Waals surface area contributed by atoms with E-state index in [-0.39, 0.29) is 47.6 Å². The number of carbonyl (C=O) groups excluding carboxylic acids is 3. The van der Waals surface area contributed by atoms with Crippen LogP contribution in [-0.4, -0.2) is 68.4 Å². The summed E-state index contributed by atoms with van der Waals surface area (Å²) in [6.07, 6.45) is 0.599. The molecule has 1 aromatic carbocycles. The predicted octanol–water partition coefficient (Wildman–Crippen LogP) is 2.26. The first kappa shape index (κ1) is 22.6. The van der Waals surface area contributed by atoms with Crippen molar-refractivity contribution in [2.45, 2.75) is 48.1 Å². The molecule has 168 valence electrons. The van der Waals surface area contributed by atoms with Crippen LogP contribution in [0.1, 0.15) is 24.5 Å². The normalized spacial score (nSPS) is 33.5. The molecule has 2 bridgehead atoms. The van der Waals surface area contributed by atoms with Gasteiger partial charge in [0.2, 0.25) is 11.8 Å². The zero-order chi connectivity index (χ0) is 22.5. The average molecular weight is 511 g/mol. The van der Waals surface area contributed by atoms with Crippen molar-refractivity contribution in [2.75, 3.05) is 25.1 Å². The van der Waals surface area contributed by atoms with E-state index in [1.54, 1.807) is 18.7 Å². The number of amides is 2. The fraction of sp³-hybridized carbons (Fsp3) is 0.591. The lowest BCUT2D eigenvalue weighted by Crippen LogP contribution is -2.52. The lowest BCUT2D eigenvalue weighted by molar-refractivity contribution is -0.153. The predicted molar refractivity (Wildman–Crippen MR) is 122 cm³/mol. The zero-order valence-electron chi connectivity index (χ0n) is 17.8. The maximum Gasteiger partial charge on any atom is 0.310 e. The number of aliphatic hydroxyl groups is 1. The molecule has 0 saturated carbocycles. The van der Waals surface area contributed by atoms with E-state index in [2.05, 4.69) is 21.2 Å². The first-order chi connectivity index (χ1) is 14.7. The summed E-state index contributed by atoms with van der Waals surface area (Å²) in [6, 6.07) is 5.05. The summed E-state index contributed by atoms with van der Waals surface area (Å²) in [4.78, 5) is 41.4. The molecule has 6 atom stereocenters. The third-order valence-electron chi connectivity index (χ3n) is 6.59. The molecule has 3 fully saturated rings. The lowest BCUT2D eigenvalue weighted by atomic mass is 9.71. The number of β-amino-alcohol motifs (C(OH)–C–C–N with tert-alkyl or cyclic N) is 1. The van der Waals surface area contributed by atoms with Gasteiger partial charge in [0.1, 0.15) is 6.04 Å². The Morgan fingerprint density at radius 2 is 2.13 bits per heavy atom. The van der Waals surface area contributed by atoms with E-state index in [9.17, 15) is 19.5 Å². The summed E-state index contributed by atoms with van der Waals surface area (Å²) >= 11 is 5.25. The Balaban J connectivity index is 1.72. The monoisotopic (exact) mass is 510 g/mol. The van der Waals surface area contributed by atoms with Crippen LogP contribution in [0.2, 0.25) is 0 Å². The van der Waals surface area contributed by atoms with Crippen LogP contribution in [0, 0.1) is 25.7 Å². The van der Waals surface area contributed by atoms with E-state index >= 15 is 0 Å². The quantitative estimate of drug-likeness (QED) is 0.450. The van der Waals surface area contributed by atoms with E-state index in [4.69, 9.17) is 4.74 Å². The van der Waals surface area contributed by atoms with E-state index < -0.39 is 22.6 Å². The Hall–Kier alpha value is -1.58. The van der Waals surface area contributed by atoms with Gasteiger partial charge in [-0.05, 0) is 44.4 Å². The van der Waals surface area contributed by atoms with Crippen molar-refractivity contribution in [3.05, 3.63) is 29.3 Å². The zero-order valence-corrected chi connectivity index (χ0v) is 20.2. The second-order valence-corrected chi connectivity index (χ2v) is 11.2. The number of nitrogens with zero attached hydrogens (tertiary/aromatic N) is 1. The summed E-state index contributed by atoms with van der Waals surface area (Å²) in [6.45, 7) is 5.66. The molecule has 0 aromatic heterocycles. The highest BCUT2D eigenvalue weighted by Gasteiger charge is 2.75. The van der Waals surface area contributed by atoms with Crippen LogP contribution in [0.3, 0.4) is 0 Å². The molecular weight excluding hydrogens is 484 g/mol. The fourth-order valence-electron chi connectivity index (χ4n) is 5.36. The van der Waals surface area contributed by atoms with Gasteiger partial charge in [0.15, 0.2) is 0 Å². The van der Waals surface area contributed by atoms with Crippen LogP contribution in [-0.2, 0) is 19.1 Å². The van der Waals surface area contributed by atoms with E-state index in [0.717, 1.165) is 11.1 Å². The van der Waals surface area contributed by atoms with Crippen LogP contribution in [0.5, 0.6) is 0 Å². The molecule has 0 aliphatic carbocycles. The molecule has 4 rings (SSSR count). The summed E-state index contributed by atoms with van der Waals surface area (Å²) < 4.78 is 4.57. The van der Waals surface area contributed by atoms with Crippen molar-refractivity contribution < 1.29 is 24.2 Å². The number of anilines is 1. The van der Waals surface area contributed by atoms with Gasteiger partial charge in [0.25, 0.3) is 0 Å². The van der Waals surface area contributed by atoms with Gasteiger partial charge >= 0.3 is 5.97 Å². The van der Waals surface area contributed by atoms with Crippen molar-refractivity contribution in [3.63, 3.8) is 0 Å². The van der Waals surface area contributed by atoms with Crippen molar-refractivity contribution in [2.24, 2.45) is 11.8 Å². The van der Waals surface area contributed by atoms with Gasteiger partial charge < -0.3 is 20.1 Å². The molecule has 3 aliphatic heterocycles. The maximum absolute atomic E-state index is 13.6. The van der Waals surface area contributed by atoms with Gasteiger partial charge in [-0.3, -0.25) is 14.4 Å². The molecule has 1 aromatic rings. The Morgan fingerprint density at radius 3 is 2.81 bits per heavy atom. The highest BCUT2D eigenvalue weighted by atomic mass is 79.9. The van der Waals surface area contributed by atoms with Gasteiger partial charge in [-0.2, -0.15) is 0 Å². The Morgan fingerprint density at radius 1 is 1.39 bits per heavy atom. The highest BCUT2D eigenvalue weighted by Crippen LogP contribution is 2.67. The minimum Gasteiger partial charge on any atom is -0.466 e. The topological polar surface area (TPSA) is 95.9 Å². The number of aliphatic hydroxyl groups excluding tert-OH is 1. The van der Waals surface area contributed by atoms with Crippen molar-refractivity contribution in [3.8, 4) is 0 Å². The van der Waals surface area contributed by atoms with Crippen molar-refractivity contribution in [1.82, 2.24) is 4.90 Å². The second-order valence-electron chi connectivity index (χ2n) is 8.48. The Kier molecular flexibility index (Phi) is 6.13. The third kappa shape index (κ3) is 3.49. The molecule has 3 unspecified atom stereocenters. The molecule has 7 nitrogen and oxygen atoms in total. The van der Waals surface area contributed by atoms with Crippen LogP contribution >= 0.6 is 27.7 Å². The molecule has 9 heteroatoms. The number of likely N-dealkylation sites (tertiary alicyclic amines) is 1. The summed E-state index contributed by atoms with van der Waals surface area (Å²) in [5, 5.41) is 12.5. The molecule has 3 aliphatic rings. The number of hydrogen-bond donors (Lipinski definition) is 2. The SMILES string of the molecule is CCOC(=O)[C@H]1[C@@H]2SC3(CC2Br)C(C(=O)Nc2cc(C)ccc2C)N(CCO)C(=O)[C@H]13. The number of carbonyl (C=O) groups is 3. The summed E-state index contributed by atoms with van der Waals surface area (Å²) in [7, 11) is 0. The number of aryl methyl sites for hydroxylation is 2. The molecule has 2 N–H and O–H groups in total. The number of thioether (sulfide) groups is 1. The lowest BCUT2D eigenvalue weighted by Gasteiger charge is -2.35. The number of benzene rings is 1. The third-order valence-corrected chi connectivity index (χ3v) is 9.81. The largest absolute Gasteiger partial charge is 0.466 e. The number of ether oxygens (including phenoxy) is 1. The van der Waals surface area contributed by atoms with Gasteiger partial charge in [0.05, 0.1) is 29.8 Å². The summed E-state index contributed by atoms with van der Waals surface area (Å²) in [5.41, 5.74) is 2.65. The van der Waals surface area contributed by atoms with E-state index in [0.29, 0.717) is 12.1 Å². The number of fused-ring (bicyclic) bond motifs is 1. The standard InChI is InChI=1S/C22H27BrN2O5S/c1-4-30-21(29)15-16-20(28)25(7-8-26)18(22(16)10-13(23)17(15)31-22)19(27)24-14-9-11(2)5-6-12(14)3/h5-6,9,13,15-18,26H,4,7-8,10H2,1-3H3,(H,24,27)/t13?,15-,16+,17-,18?,22?/m1/s1. The highest BCUT2D eigenvalue weighted by molar-refractivity contribution is 9.09. The smallest absolute Gasteiger partial charge is 0.310 e. The fourth-order valence-corrected chi connectivity index (χ4v) is 8.96. The first-order valence-electron chi connectivity index (χ1n) is 10.5. The molecule has 31 heavy (non-hydrogen) atoms. The number of rotatable bonds is 6. The van der Waals surface area contributed by atoms with E-state index in [1.165, 1.54) is 4.90 Å². The minimum absolute atomic E-state index is 0.000962. The maximum atomic E-state index is 13.6. The van der Waals surface area contributed by atoms with Gasteiger partial charge in [-0.1, -0.05) is 28.1 Å². The van der Waals surface area contributed by atoms with Crippen LogP contribution < -0.4 is 5.32 Å². The molecule has 1 spiro atoms. The average Bonchev–Trinajstić information content (AvgIpc) is 3.29. The first-order valence-corrected chi connectivity index (χ1v) is 12.3. The Labute approximate surface area is 194 Å². The Bertz CT molecular complexity index is 927. The molecule has 3 saturated heterocycles. The molecular formula is C22H27BrN2O5S. The van der Waals surface area contributed by atoms with Gasteiger partial charge in [-0.25, -0.2) is 0 Å². The van der Waals surface area contributed by atoms with Crippen molar-refractivity contribution >= 4 is 51.2 Å². The van der Waals surface area contributed by atoms with Crippen LogP contribution in [0.4, 0.5) is 5.69 Å². The van der Waals surface area contributed by atoms with Gasteiger partial charge in [0, 0.05) is 22.3 Å². The van der Waals surface area contributed by atoms with Gasteiger partial charge in [-0.15, -0.1) is 11.8 Å². The number of halogens is 1. The van der Waals surface area contributed by atoms with Crippen molar-refractivity contribution in [1.29, 1.82) is 0 Å². The second kappa shape index (κ2) is 8.41. The number of esters is 1. The minimum atomic E-state index is -0.772. The molecule has 3 heterocycles. The number of alkyl halides is 1. The number of hydrogen-bond acceptors (Lipinski definition) is 6. The number of nitrogens with one attached hydrogen (secondary N) is 1.